The van der Waals surface area contributed by atoms with E-state index in [0.29, 0.717) is 10.8 Å². The van der Waals surface area contributed by atoms with Crippen molar-refractivity contribution in [1.82, 2.24) is 5.32 Å². The lowest BCUT2D eigenvalue weighted by atomic mass is 9.63. The highest BCUT2D eigenvalue weighted by Gasteiger charge is 2.52. The maximum absolute atomic E-state index is 3.67. The number of fused-ring (bicyclic) bond motifs is 1. The summed E-state index contributed by atoms with van der Waals surface area (Å²) in [6, 6.07) is 0.831. The van der Waals surface area contributed by atoms with E-state index in [1.54, 1.807) is 0 Å². The Morgan fingerprint density at radius 2 is 2.00 bits per heavy atom. The summed E-state index contributed by atoms with van der Waals surface area (Å²) in [4.78, 5) is 0. The van der Waals surface area contributed by atoms with E-state index in [1.165, 1.54) is 32.2 Å². The van der Waals surface area contributed by atoms with Crippen LogP contribution in [0.3, 0.4) is 0 Å². The van der Waals surface area contributed by atoms with Crippen molar-refractivity contribution in [2.24, 2.45) is 10.8 Å². The number of rotatable bonds is 0. The van der Waals surface area contributed by atoms with Gasteiger partial charge in [0.15, 0.2) is 0 Å². The zero-order valence-corrected chi connectivity index (χ0v) is 8.61. The van der Waals surface area contributed by atoms with Crippen LogP contribution in [0.25, 0.3) is 0 Å². The topological polar surface area (TPSA) is 12.0 Å². The third kappa shape index (κ3) is 0.953. The first-order valence-corrected chi connectivity index (χ1v) is 5.30. The molecule has 1 saturated carbocycles. The smallest absolute Gasteiger partial charge is 0.0129 e. The molecule has 0 aromatic rings. The van der Waals surface area contributed by atoms with Crippen LogP contribution in [0.1, 0.15) is 46.5 Å². The zero-order chi connectivity index (χ0) is 8.82. The van der Waals surface area contributed by atoms with Crippen LogP contribution in [-0.4, -0.2) is 12.6 Å². The molecule has 0 amide bonds. The third-order valence-corrected chi connectivity index (χ3v) is 4.24. The molecule has 0 aromatic heterocycles. The largest absolute Gasteiger partial charge is 0.313 e. The fourth-order valence-corrected chi connectivity index (χ4v) is 3.41. The van der Waals surface area contributed by atoms with Crippen molar-refractivity contribution in [2.75, 3.05) is 6.54 Å². The molecule has 1 nitrogen and oxygen atoms in total. The summed E-state index contributed by atoms with van der Waals surface area (Å²) >= 11 is 0. The second kappa shape index (κ2) is 2.47. The average Bonchev–Trinajstić information content (AvgIpc) is 2.37. The number of nitrogens with one attached hydrogen (secondary N) is 1. The molecule has 0 radical (unpaired) electrons. The van der Waals surface area contributed by atoms with Crippen molar-refractivity contribution in [2.45, 2.75) is 52.5 Å². The molecule has 1 heteroatoms. The fourth-order valence-electron chi connectivity index (χ4n) is 3.41. The first kappa shape index (κ1) is 8.55. The lowest BCUT2D eigenvalue weighted by Crippen LogP contribution is -2.41. The van der Waals surface area contributed by atoms with Crippen molar-refractivity contribution >= 4 is 0 Å². The first-order chi connectivity index (χ1) is 5.56. The number of hydrogen-bond donors (Lipinski definition) is 1. The second-order valence-electron chi connectivity index (χ2n) is 5.56. The minimum Gasteiger partial charge on any atom is -0.313 e. The Labute approximate surface area is 75.9 Å². The van der Waals surface area contributed by atoms with Crippen LogP contribution >= 0.6 is 0 Å². The van der Waals surface area contributed by atoms with Crippen LogP contribution in [0, 0.1) is 10.8 Å². The molecule has 12 heavy (non-hydrogen) atoms. The minimum absolute atomic E-state index is 0.498. The normalized spacial score (nSPS) is 41.8. The van der Waals surface area contributed by atoms with E-state index >= 15 is 0 Å². The van der Waals surface area contributed by atoms with Gasteiger partial charge in [-0.2, -0.15) is 0 Å². The molecule has 70 valence electrons. The van der Waals surface area contributed by atoms with E-state index in [1.807, 2.05) is 0 Å². The van der Waals surface area contributed by atoms with E-state index in [0.717, 1.165) is 6.04 Å². The van der Waals surface area contributed by atoms with Crippen LogP contribution in [0.4, 0.5) is 0 Å². The number of hydrogen-bond acceptors (Lipinski definition) is 1. The van der Waals surface area contributed by atoms with Gasteiger partial charge >= 0.3 is 0 Å². The Kier molecular flexibility index (Phi) is 1.76. The maximum Gasteiger partial charge on any atom is 0.0129 e. The molecular weight excluding hydrogens is 146 g/mol. The molecule has 1 N–H and O–H groups in total. The van der Waals surface area contributed by atoms with E-state index in [-0.39, 0.29) is 0 Å². The van der Waals surface area contributed by atoms with Gasteiger partial charge in [0.1, 0.15) is 0 Å². The predicted octanol–water partition coefficient (Wildman–Crippen LogP) is 2.56. The van der Waals surface area contributed by atoms with Crippen molar-refractivity contribution in [3.63, 3.8) is 0 Å². The summed E-state index contributed by atoms with van der Waals surface area (Å²) in [5, 5.41) is 3.67. The summed E-state index contributed by atoms with van der Waals surface area (Å²) in [7, 11) is 0. The second-order valence-corrected chi connectivity index (χ2v) is 5.56. The highest BCUT2D eigenvalue weighted by molar-refractivity contribution is 5.06. The summed E-state index contributed by atoms with van der Waals surface area (Å²) in [6.07, 6.45) is 5.71. The molecule has 0 spiro atoms. The van der Waals surface area contributed by atoms with Crippen LogP contribution in [0.15, 0.2) is 0 Å². The molecule has 1 saturated heterocycles. The van der Waals surface area contributed by atoms with Crippen molar-refractivity contribution < 1.29 is 0 Å². The van der Waals surface area contributed by atoms with Gasteiger partial charge in [-0.3, -0.25) is 0 Å². The lowest BCUT2D eigenvalue weighted by Gasteiger charge is -2.42. The van der Waals surface area contributed by atoms with Gasteiger partial charge in [-0.15, -0.1) is 0 Å². The lowest BCUT2D eigenvalue weighted by molar-refractivity contribution is 0.0904. The molecule has 2 fully saturated rings. The molecule has 1 aliphatic carbocycles. The molecule has 2 rings (SSSR count). The molecule has 2 unspecified atom stereocenters. The van der Waals surface area contributed by atoms with Crippen molar-refractivity contribution in [1.29, 1.82) is 0 Å². The van der Waals surface area contributed by atoms with Crippen molar-refractivity contribution in [3.05, 3.63) is 0 Å². The molecule has 2 atom stereocenters. The van der Waals surface area contributed by atoms with Gasteiger partial charge in [0.25, 0.3) is 0 Å². The van der Waals surface area contributed by atoms with Gasteiger partial charge in [0.05, 0.1) is 0 Å². The third-order valence-electron chi connectivity index (χ3n) is 4.24. The van der Waals surface area contributed by atoms with Gasteiger partial charge in [-0.25, -0.2) is 0 Å². The highest BCUT2D eigenvalue weighted by atomic mass is 15.0. The molecule has 0 bridgehead atoms. The Hall–Kier alpha value is -0.0400. The standard InChI is InChI=1S/C11H21N/c1-10(2,3)11-6-4-5-9(11)12-8-7-11/h9,12H,4-8H2,1-3H3. The molecular formula is C11H21N. The Bertz CT molecular complexity index is 168. The van der Waals surface area contributed by atoms with E-state index in [2.05, 4.69) is 26.1 Å². The summed E-state index contributed by atoms with van der Waals surface area (Å²) in [5.74, 6) is 0. The van der Waals surface area contributed by atoms with Crippen LogP contribution in [-0.2, 0) is 0 Å². The first-order valence-electron chi connectivity index (χ1n) is 5.30. The van der Waals surface area contributed by atoms with Gasteiger partial charge in [0.2, 0.25) is 0 Å². The Balaban J connectivity index is 2.28. The SMILES string of the molecule is CC(C)(C)C12CCCC1NCC2. The summed E-state index contributed by atoms with van der Waals surface area (Å²) in [6.45, 7) is 8.50. The average molecular weight is 167 g/mol. The fraction of sp³-hybridized carbons (Fsp3) is 1.00. The van der Waals surface area contributed by atoms with Gasteiger partial charge in [-0.1, -0.05) is 27.2 Å². The molecule has 0 aromatic carbocycles. The van der Waals surface area contributed by atoms with E-state index < -0.39 is 0 Å². The van der Waals surface area contributed by atoms with Gasteiger partial charge in [-0.05, 0) is 36.6 Å². The highest BCUT2D eigenvalue weighted by Crippen LogP contribution is 2.55. The van der Waals surface area contributed by atoms with E-state index in [4.69, 9.17) is 0 Å². The van der Waals surface area contributed by atoms with Gasteiger partial charge < -0.3 is 5.32 Å². The Morgan fingerprint density at radius 3 is 2.58 bits per heavy atom. The van der Waals surface area contributed by atoms with E-state index in [9.17, 15) is 0 Å². The monoisotopic (exact) mass is 167 g/mol. The minimum atomic E-state index is 0.498. The summed E-state index contributed by atoms with van der Waals surface area (Å²) < 4.78 is 0. The molecule has 1 aliphatic heterocycles. The van der Waals surface area contributed by atoms with Gasteiger partial charge in [0, 0.05) is 6.04 Å². The Morgan fingerprint density at radius 1 is 1.25 bits per heavy atom. The van der Waals surface area contributed by atoms with Crippen LogP contribution in [0.2, 0.25) is 0 Å². The zero-order valence-electron chi connectivity index (χ0n) is 8.61. The summed E-state index contributed by atoms with van der Waals surface area (Å²) in [5.41, 5.74) is 1.13. The van der Waals surface area contributed by atoms with Crippen LogP contribution < -0.4 is 5.32 Å². The predicted molar refractivity (Wildman–Crippen MR) is 52.1 cm³/mol. The van der Waals surface area contributed by atoms with Crippen LogP contribution in [0.5, 0.6) is 0 Å². The van der Waals surface area contributed by atoms with Crippen molar-refractivity contribution in [3.8, 4) is 0 Å². The maximum atomic E-state index is 3.67. The molecule has 2 aliphatic rings. The quantitative estimate of drug-likeness (QED) is 0.584. The molecule has 1 heterocycles.